The van der Waals surface area contributed by atoms with Crippen molar-refractivity contribution >= 4 is 5.91 Å². The van der Waals surface area contributed by atoms with E-state index in [1.54, 1.807) is 0 Å². The van der Waals surface area contributed by atoms with E-state index >= 15 is 0 Å². The van der Waals surface area contributed by atoms with E-state index in [1.807, 2.05) is 13.8 Å². The molecular formula is C12H23NO. The van der Waals surface area contributed by atoms with E-state index < -0.39 is 0 Å². The van der Waals surface area contributed by atoms with Gasteiger partial charge in [-0.3, -0.25) is 4.79 Å². The molecule has 0 aromatic heterocycles. The smallest absolute Gasteiger partial charge is 0.225 e. The maximum atomic E-state index is 11.8. The van der Waals surface area contributed by atoms with Gasteiger partial charge in [-0.25, -0.2) is 0 Å². The molecule has 0 aromatic carbocycles. The van der Waals surface area contributed by atoms with Crippen LogP contribution >= 0.6 is 0 Å². The Bertz CT molecular complexity index is 167. The lowest BCUT2D eigenvalue weighted by Crippen LogP contribution is -2.35. The van der Waals surface area contributed by atoms with Crippen molar-refractivity contribution < 1.29 is 4.79 Å². The normalized spacial score (nSPS) is 20.1. The van der Waals surface area contributed by atoms with E-state index in [1.165, 1.54) is 38.5 Å². The number of nitrogens with zero attached hydrogens (tertiary/aromatic N) is 1. The molecule has 1 fully saturated rings. The summed E-state index contributed by atoms with van der Waals surface area (Å²) in [6, 6.07) is 0. The zero-order valence-corrected chi connectivity index (χ0v) is 9.59. The number of rotatable bonds is 1. The second kappa shape index (κ2) is 6.05. The average molecular weight is 197 g/mol. The molecule has 0 unspecified atom stereocenters. The highest BCUT2D eigenvalue weighted by Gasteiger charge is 2.16. The van der Waals surface area contributed by atoms with Gasteiger partial charge < -0.3 is 4.90 Å². The van der Waals surface area contributed by atoms with E-state index in [0.717, 1.165) is 13.1 Å². The lowest BCUT2D eigenvalue weighted by molar-refractivity contribution is -0.134. The minimum Gasteiger partial charge on any atom is -0.342 e. The average Bonchev–Trinajstić information content (AvgIpc) is 2.29. The lowest BCUT2D eigenvalue weighted by Gasteiger charge is -2.23. The molecule has 14 heavy (non-hydrogen) atoms. The predicted octanol–water partition coefficient (Wildman–Crippen LogP) is 2.83. The van der Waals surface area contributed by atoms with Gasteiger partial charge in [-0.05, 0) is 12.8 Å². The first-order valence-corrected chi connectivity index (χ1v) is 6.00. The molecule has 1 aliphatic heterocycles. The van der Waals surface area contributed by atoms with Crippen LogP contribution in [0.2, 0.25) is 0 Å². The van der Waals surface area contributed by atoms with Crippen LogP contribution in [0.5, 0.6) is 0 Å². The van der Waals surface area contributed by atoms with Crippen molar-refractivity contribution in [1.82, 2.24) is 4.90 Å². The zero-order chi connectivity index (χ0) is 10.4. The number of carbonyl (C=O) groups is 1. The Labute approximate surface area is 87.7 Å². The van der Waals surface area contributed by atoms with Crippen LogP contribution in [-0.2, 0) is 4.79 Å². The maximum absolute atomic E-state index is 11.8. The SMILES string of the molecule is CC(C)C(=O)N1CCCCCCCC1. The monoisotopic (exact) mass is 197 g/mol. The summed E-state index contributed by atoms with van der Waals surface area (Å²) in [4.78, 5) is 13.9. The van der Waals surface area contributed by atoms with Gasteiger partial charge in [0.2, 0.25) is 5.91 Å². The van der Waals surface area contributed by atoms with E-state index in [4.69, 9.17) is 0 Å². The third-order valence-corrected chi connectivity index (χ3v) is 2.91. The molecule has 2 heteroatoms. The minimum atomic E-state index is 0.163. The van der Waals surface area contributed by atoms with Crippen molar-refractivity contribution in [3.05, 3.63) is 0 Å². The predicted molar refractivity (Wildman–Crippen MR) is 59.1 cm³/mol. The van der Waals surface area contributed by atoms with Crippen LogP contribution in [0.15, 0.2) is 0 Å². The van der Waals surface area contributed by atoms with Crippen molar-refractivity contribution in [2.24, 2.45) is 5.92 Å². The van der Waals surface area contributed by atoms with Crippen LogP contribution in [0.25, 0.3) is 0 Å². The second-order valence-corrected chi connectivity index (χ2v) is 4.60. The van der Waals surface area contributed by atoms with Gasteiger partial charge in [-0.2, -0.15) is 0 Å². The summed E-state index contributed by atoms with van der Waals surface area (Å²) in [5, 5.41) is 0. The molecule has 1 aliphatic rings. The molecule has 1 rings (SSSR count). The Balaban J connectivity index is 2.43. The molecule has 0 spiro atoms. The number of hydrogen-bond acceptors (Lipinski definition) is 1. The summed E-state index contributed by atoms with van der Waals surface area (Å²) < 4.78 is 0. The molecule has 0 atom stereocenters. The van der Waals surface area contributed by atoms with Gasteiger partial charge in [0.25, 0.3) is 0 Å². The van der Waals surface area contributed by atoms with Crippen LogP contribution in [0.3, 0.4) is 0 Å². The molecule has 1 saturated heterocycles. The lowest BCUT2D eigenvalue weighted by atomic mass is 10.1. The molecule has 0 aromatic rings. The summed E-state index contributed by atoms with van der Waals surface area (Å²) in [5.41, 5.74) is 0. The van der Waals surface area contributed by atoms with Crippen LogP contribution in [-0.4, -0.2) is 23.9 Å². The molecular weight excluding hydrogens is 174 g/mol. The van der Waals surface area contributed by atoms with Crippen molar-refractivity contribution in [1.29, 1.82) is 0 Å². The molecule has 0 aliphatic carbocycles. The summed E-state index contributed by atoms with van der Waals surface area (Å²) in [6.45, 7) is 5.96. The van der Waals surface area contributed by atoms with Gasteiger partial charge in [0.1, 0.15) is 0 Å². The van der Waals surface area contributed by atoms with Crippen molar-refractivity contribution in [2.75, 3.05) is 13.1 Å². The van der Waals surface area contributed by atoms with Crippen molar-refractivity contribution in [2.45, 2.75) is 52.4 Å². The Kier molecular flexibility index (Phi) is 4.99. The fourth-order valence-corrected chi connectivity index (χ4v) is 2.01. The first-order valence-electron chi connectivity index (χ1n) is 6.00. The number of hydrogen-bond donors (Lipinski definition) is 0. The zero-order valence-electron chi connectivity index (χ0n) is 9.59. The Morgan fingerprint density at radius 2 is 1.36 bits per heavy atom. The van der Waals surface area contributed by atoms with Crippen LogP contribution in [0.1, 0.15) is 52.4 Å². The first-order chi connectivity index (χ1) is 6.72. The summed E-state index contributed by atoms with van der Waals surface area (Å²) in [5.74, 6) is 0.502. The van der Waals surface area contributed by atoms with Gasteiger partial charge in [0.15, 0.2) is 0 Å². The van der Waals surface area contributed by atoms with E-state index in [-0.39, 0.29) is 5.92 Å². The van der Waals surface area contributed by atoms with Crippen LogP contribution in [0, 0.1) is 5.92 Å². The Morgan fingerprint density at radius 1 is 0.929 bits per heavy atom. The third-order valence-electron chi connectivity index (χ3n) is 2.91. The van der Waals surface area contributed by atoms with Gasteiger partial charge in [-0.1, -0.05) is 39.5 Å². The van der Waals surface area contributed by atoms with Crippen molar-refractivity contribution in [3.8, 4) is 0 Å². The van der Waals surface area contributed by atoms with Crippen LogP contribution < -0.4 is 0 Å². The molecule has 0 saturated carbocycles. The first kappa shape index (κ1) is 11.5. The molecule has 82 valence electrons. The molecule has 1 heterocycles. The van der Waals surface area contributed by atoms with Crippen LogP contribution in [0.4, 0.5) is 0 Å². The third kappa shape index (κ3) is 3.69. The summed E-state index contributed by atoms with van der Waals surface area (Å²) in [6.07, 6.45) is 7.67. The molecule has 0 N–H and O–H groups in total. The molecule has 1 amide bonds. The van der Waals surface area contributed by atoms with E-state index in [2.05, 4.69) is 4.90 Å². The molecule has 0 radical (unpaired) electrons. The quantitative estimate of drug-likeness (QED) is 0.633. The second-order valence-electron chi connectivity index (χ2n) is 4.60. The Hall–Kier alpha value is -0.530. The molecule has 2 nitrogen and oxygen atoms in total. The fraction of sp³-hybridized carbons (Fsp3) is 0.917. The van der Waals surface area contributed by atoms with E-state index in [0.29, 0.717) is 5.91 Å². The van der Waals surface area contributed by atoms with E-state index in [9.17, 15) is 4.79 Å². The summed E-state index contributed by atoms with van der Waals surface area (Å²) >= 11 is 0. The highest BCUT2D eigenvalue weighted by molar-refractivity contribution is 5.78. The number of carbonyl (C=O) groups excluding carboxylic acids is 1. The van der Waals surface area contributed by atoms with Gasteiger partial charge in [-0.15, -0.1) is 0 Å². The number of amides is 1. The largest absolute Gasteiger partial charge is 0.342 e. The Morgan fingerprint density at radius 3 is 1.79 bits per heavy atom. The maximum Gasteiger partial charge on any atom is 0.225 e. The van der Waals surface area contributed by atoms with Crippen molar-refractivity contribution in [3.63, 3.8) is 0 Å². The van der Waals surface area contributed by atoms with Gasteiger partial charge >= 0.3 is 0 Å². The summed E-state index contributed by atoms with van der Waals surface area (Å²) in [7, 11) is 0. The van der Waals surface area contributed by atoms with Gasteiger partial charge in [0.05, 0.1) is 0 Å². The molecule has 0 bridgehead atoms. The van der Waals surface area contributed by atoms with Gasteiger partial charge in [0, 0.05) is 19.0 Å². The minimum absolute atomic E-state index is 0.163. The highest BCUT2D eigenvalue weighted by Crippen LogP contribution is 2.12. The topological polar surface area (TPSA) is 20.3 Å². The fourth-order valence-electron chi connectivity index (χ4n) is 2.01. The highest BCUT2D eigenvalue weighted by atomic mass is 16.2. The standard InChI is InChI=1S/C12H23NO/c1-11(2)12(14)13-9-7-5-3-4-6-8-10-13/h11H,3-10H2,1-2H3.